The van der Waals surface area contributed by atoms with Gasteiger partial charge in [0, 0.05) is 18.0 Å². The Kier molecular flexibility index (Phi) is 7.07. The Morgan fingerprint density at radius 3 is 2.35 bits per heavy atom. The van der Waals surface area contributed by atoms with Crippen molar-refractivity contribution >= 4 is 17.4 Å². The highest BCUT2D eigenvalue weighted by Crippen LogP contribution is 2.39. The van der Waals surface area contributed by atoms with Gasteiger partial charge in [-0.25, -0.2) is 0 Å². The van der Waals surface area contributed by atoms with E-state index < -0.39 is 17.7 Å². The minimum atomic E-state index is -0.673. The molecule has 0 aliphatic carbocycles. The fourth-order valence-electron chi connectivity index (χ4n) is 3.47. The van der Waals surface area contributed by atoms with E-state index in [0.29, 0.717) is 36.9 Å². The highest BCUT2D eigenvalue weighted by molar-refractivity contribution is 6.46. The molecule has 0 radical (unpaired) electrons. The number of nitrogens with zero attached hydrogens (tertiary/aromatic N) is 2. The number of nitrogens with one attached hydrogen (secondary N) is 1. The number of carbonyl (C=O) groups is 2. The van der Waals surface area contributed by atoms with Gasteiger partial charge in [-0.15, -0.1) is 0 Å². The average molecular weight is 425 g/mol. The number of Topliss-reactive ketones (excluding diaryl/α,β-unsaturated/α-hetero) is 1. The number of quaternary nitrogens is 1. The van der Waals surface area contributed by atoms with Crippen molar-refractivity contribution in [2.75, 3.05) is 33.8 Å². The first-order chi connectivity index (χ1) is 14.8. The first-order valence-corrected chi connectivity index (χ1v) is 10.5. The zero-order valence-corrected chi connectivity index (χ0v) is 18.5. The third-order valence-corrected chi connectivity index (χ3v) is 5.13. The van der Waals surface area contributed by atoms with E-state index in [1.807, 2.05) is 14.1 Å². The van der Waals surface area contributed by atoms with Crippen LogP contribution in [0.2, 0.25) is 0 Å². The molecule has 1 aromatic heterocycles. The van der Waals surface area contributed by atoms with Crippen LogP contribution in [0.1, 0.15) is 31.0 Å². The van der Waals surface area contributed by atoms with Gasteiger partial charge in [-0.1, -0.05) is 13.8 Å². The quantitative estimate of drug-likeness (QED) is 0.383. The van der Waals surface area contributed by atoms with Crippen LogP contribution in [-0.2, 0) is 9.59 Å². The number of ether oxygens (including phenoxy) is 1. The highest BCUT2D eigenvalue weighted by Gasteiger charge is 2.46. The lowest BCUT2D eigenvalue weighted by atomic mass is 9.96. The van der Waals surface area contributed by atoms with Crippen LogP contribution < -0.4 is 9.64 Å². The van der Waals surface area contributed by atoms with Crippen LogP contribution in [0.4, 0.5) is 0 Å². The third-order valence-electron chi connectivity index (χ3n) is 5.13. The number of hydrogen-bond acceptors (Lipinski definition) is 5. The smallest absolute Gasteiger partial charge is 0.295 e. The summed E-state index contributed by atoms with van der Waals surface area (Å²) in [7, 11) is 3.97. The van der Waals surface area contributed by atoms with E-state index >= 15 is 0 Å². The minimum Gasteiger partial charge on any atom is -0.507 e. The molecule has 1 aliphatic rings. The van der Waals surface area contributed by atoms with Crippen molar-refractivity contribution in [2.45, 2.75) is 19.9 Å². The van der Waals surface area contributed by atoms with Crippen molar-refractivity contribution in [3.05, 3.63) is 65.5 Å². The molecule has 1 amide bonds. The summed E-state index contributed by atoms with van der Waals surface area (Å²) in [5.41, 5.74) is 1.30. The topological polar surface area (TPSA) is 84.2 Å². The summed E-state index contributed by atoms with van der Waals surface area (Å²) in [6.45, 7) is 5.80. The predicted molar refractivity (Wildman–Crippen MR) is 118 cm³/mol. The molecular weight excluding hydrogens is 394 g/mol. The summed E-state index contributed by atoms with van der Waals surface area (Å²) in [5.74, 6) is -0.372. The van der Waals surface area contributed by atoms with Gasteiger partial charge in [0.25, 0.3) is 11.7 Å². The molecule has 1 fully saturated rings. The summed E-state index contributed by atoms with van der Waals surface area (Å²) < 4.78 is 5.69. The number of aliphatic hydroxyl groups excluding tert-OH is 1. The number of likely N-dealkylation sites (N-methyl/N-ethyl adjacent to an activating group) is 1. The van der Waals surface area contributed by atoms with Gasteiger partial charge in [-0.05, 0) is 47.9 Å². The zero-order valence-electron chi connectivity index (χ0n) is 18.5. The normalized spacial score (nSPS) is 18.3. The van der Waals surface area contributed by atoms with E-state index in [4.69, 9.17) is 4.74 Å². The lowest BCUT2D eigenvalue weighted by Crippen LogP contribution is -3.06. The van der Waals surface area contributed by atoms with E-state index in [0.717, 1.165) is 10.5 Å². The van der Waals surface area contributed by atoms with Crippen molar-refractivity contribution in [1.29, 1.82) is 0 Å². The van der Waals surface area contributed by atoms with Crippen LogP contribution in [-0.4, -0.2) is 60.5 Å². The van der Waals surface area contributed by atoms with Crippen molar-refractivity contribution in [1.82, 2.24) is 9.88 Å². The highest BCUT2D eigenvalue weighted by atomic mass is 16.5. The summed E-state index contributed by atoms with van der Waals surface area (Å²) in [4.78, 5) is 32.5. The Labute approximate surface area is 183 Å². The molecule has 1 saturated heterocycles. The summed E-state index contributed by atoms with van der Waals surface area (Å²) >= 11 is 0. The predicted octanol–water partition coefficient (Wildman–Crippen LogP) is 1.68. The first-order valence-electron chi connectivity index (χ1n) is 10.5. The van der Waals surface area contributed by atoms with Gasteiger partial charge in [0.1, 0.15) is 11.5 Å². The van der Waals surface area contributed by atoms with Gasteiger partial charge >= 0.3 is 0 Å². The van der Waals surface area contributed by atoms with E-state index in [1.54, 1.807) is 48.8 Å². The maximum absolute atomic E-state index is 12.9. The molecule has 2 heterocycles. The maximum Gasteiger partial charge on any atom is 0.295 e. The van der Waals surface area contributed by atoms with Crippen LogP contribution in [0.3, 0.4) is 0 Å². The molecule has 31 heavy (non-hydrogen) atoms. The largest absolute Gasteiger partial charge is 0.507 e. The van der Waals surface area contributed by atoms with Crippen LogP contribution in [0.25, 0.3) is 5.76 Å². The van der Waals surface area contributed by atoms with Crippen LogP contribution in [0.15, 0.2) is 54.4 Å². The molecule has 0 saturated carbocycles. The number of aromatic nitrogens is 1. The van der Waals surface area contributed by atoms with Gasteiger partial charge in [0.15, 0.2) is 0 Å². The van der Waals surface area contributed by atoms with Crippen LogP contribution >= 0.6 is 0 Å². The van der Waals surface area contributed by atoms with E-state index in [2.05, 4.69) is 18.8 Å². The second kappa shape index (κ2) is 9.75. The Balaban J connectivity index is 2.00. The van der Waals surface area contributed by atoms with Gasteiger partial charge < -0.3 is 19.6 Å². The summed E-state index contributed by atoms with van der Waals surface area (Å²) in [6, 6.07) is 9.79. The second-order valence-electron chi connectivity index (χ2n) is 8.46. The number of ketones is 1. The van der Waals surface area contributed by atoms with Gasteiger partial charge in [0.2, 0.25) is 0 Å². The molecule has 7 heteroatoms. The Morgan fingerprint density at radius 2 is 1.77 bits per heavy atom. The van der Waals surface area contributed by atoms with Crippen molar-refractivity contribution < 1.29 is 24.3 Å². The standard InChI is InChI=1S/C24H29N3O4/c1-16(2)15-31-19-7-5-18(6-8-19)22(28)20-21(17-9-11-25-12-10-17)27(14-13-26(3)4)24(30)23(20)29/h5-12,16,21,28H,13-15H2,1-4H3/p+1/b22-20+/t21-/m0/s1. The number of likely N-dealkylation sites (tertiary alicyclic amines) is 1. The Bertz CT molecular complexity index is 953. The number of carbonyl (C=O) groups excluding carboxylic acids is 2. The molecule has 1 aliphatic heterocycles. The number of aliphatic hydroxyl groups is 1. The molecule has 0 spiro atoms. The zero-order chi connectivity index (χ0) is 22.5. The summed E-state index contributed by atoms with van der Waals surface area (Å²) in [6.07, 6.45) is 3.24. The van der Waals surface area contributed by atoms with E-state index in [1.165, 1.54) is 4.90 Å². The van der Waals surface area contributed by atoms with Crippen molar-refractivity contribution in [2.24, 2.45) is 5.92 Å². The number of rotatable bonds is 8. The molecule has 1 aromatic carbocycles. The Hall–Kier alpha value is -3.19. The fourth-order valence-corrected chi connectivity index (χ4v) is 3.47. The van der Waals surface area contributed by atoms with Crippen molar-refractivity contribution in [3.8, 4) is 5.75 Å². The van der Waals surface area contributed by atoms with Gasteiger partial charge in [-0.2, -0.15) is 0 Å². The van der Waals surface area contributed by atoms with Crippen molar-refractivity contribution in [3.63, 3.8) is 0 Å². The SMILES string of the molecule is CC(C)COc1ccc(/C(O)=C2\C(=O)C(=O)N(CC[NH+](C)C)[C@H]2c2ccncc2)cc1. The molecule has 7 nitrogen and oxygen atoms in total. The van der Waals surface area contributed by atoms with E-state index in [9.17, 15) is 14.7 Å². The average Bonchev–Trinajstić information content (AvgIpc) is 3.01. The molecule has 0 unspecified atom stereocenters. The molecular formula is C24H30N3O4+. The molecule has 0 bridgehead atoms. The Morgan fingerprint density at radius 1 is 1.13 bits per heavy atom. The fraction of sp³-hybridized carbons (Fsp3) is 0.375. The van der Waals surface area contributed by atoms with Gasteiger partial charge in [0.05, 0.1) is 45.4 Å². The second-order valence-corrected chi connectivity index (χ2v) is 8.46. The van der Waals surface area contributed by atoms with E-state index in [-0.39, 0.29) is 11.3 Å². The van der Waals surface area contributed by atoms with Gasteiger partial charge in [-0.3, -0.25) is 14.6 Å². The number of benzene rings is 1. The molecule has 2 N–H and O–H groups in total. The number of amides is 1. The minimum absolute atomic E-state index is 0.0980. The molecule has 3 rings (SSSR count). The lowest BCUT2D eigenvalue weighted by molar-refractivity contribution is -0.857. The monoisotopic (exact) mass is 424 g/mol. The van der Waals surface area contributed by atoms with Crippen LogP contribution in [0.5, 0.6) is 5.75 Å². The molecule has 2 aromatic rings. The molecule has 164 valence electrons. The third kappa shape index (κ3) is 5.11. The first kappa shape index (κ1) is 22.5. The summed E-state index contributed by atoms with van der Waals surface area (Å²) in [5, 5.41) is 11.1. The van der Waals surface area contributed by atoms with Crippen LogP contribution in [0, 0.1) is 5.92 Å². The maximum atomic E-state index is 12.9. The molecule has 1 atom stereocenters. The number of hydrogen-bond donors (Lipinski definition) is 2. The number of pyridine rings is 1. The lowest BCUT2D eigenvalue weighted by Gasteiger charge is -2.25.